The molecule has 318 valence electrons. The molecule has 3 saturated heterocycles. The molecule has 3 N–H and O–H groups in total. The highest BCUT2D eigenvalue weighted by molar-refractivity contribution is 6.00. The van der Waals surface area contributed by atoms with Crippen LogP contribution in [0.1, 0.15) is 74.1 Å². The van der Waals surface area contributed by atoms with Crippen LogP contribution in [0.15, 0.2) is 37.1 Å². The number of rotatable bonds is 11. The topological polar surface area (TPSA) is 187 Å². The average molecular weight is 801 g/mol. The van der Waals surface area contributed by atoms with Crippen LogP contribution in [0, 0.1) is 11.8 Å². The number of pyridine rings is 1. The third kappa shape index (κ3) is 9.53. The van der Waals surface area contributed by atoms with Gasteiger partial charge in [-0.25, -0.2) is 9.78 Å². The monoisotopic (exact) mass is 800 g/mol. The molecule has 2 aromatic heterocycles. The van der Waals surface area contributed by atoms with Crippen molar-refractivity contribution in [3.05, 3.63) is 37.1 Å². The third-order valence-corrected chi connectivity index (χ3v) is 12.2. The number of carbonyl (C=O) groups is 3. The molecule has 3 aliphatic rings. The lowest BCUT2D eigenvalue weighted by atomic mass is 9.78. The van der Waals surface area contributed by atoms with Crippen LogP contribution in [0.25, 0.3) is 11.3 Å². The fourth-order valence-corrected chi connectivity index (χ4v) is 9.22. The molecular weight excluding hydrogens is 736 g/mol. The molecular formula is C41H64N6O10. The summed E-state index contributed by atoms with van der Waals surface area (Å²) >= 11 is 0. The molecule has 13 atom stereocenters. The van der Waals surface area contributed by atoms with Crippen molar-refractivity contribution in [1.29, 1.82) is 0 Å². The molecule has 2 aromatic rings. The molecule has 3 aliphatic heterocycles. The summed E-state index contributed by atoms with van der Waals surface area (Å²) in [6.45, 7) is 13.7. The molecule has 5 heterocycles. The highest BCUT2D eigenvalue weighted by Gasteiger charge is 2.59. The largest absolute Gasteiger partial charge is 0.458 e. The molecule has 0 bridgehead atoms. The van der Waals surface area contributed by atoms with Crippen LogP contribution in [-0.2, 0) is 39.8 Å². The van der Waals surface area contributed by atoms with Gasteiger partial charge in [0.05, 0.1) is 48.5 Å². The van der Waals surface area contributed by atoms with Gasteiger partial charge >= 0.3 is 12.1 Å². The van der Waals surface area contributed by atoms with Gasteiger partial charge in [-0.05, 0) is 86.5 Å². The SMILES string of the molecule is CC[C@H]1OC(=O)[C@H](C)C(=O)[C@H](C)[C@@H](O[C@@H]2OC[C@@H](O)[C@H](N(C)C)[C@@H]2O)[C@@](C)(OC)C[C@@H](C)N[C@H](C)[C@H]2N(CCCCn3cnc(-c4cccnc4)c3)C(=O)O[C@]12C. The van der Waals surface area contributed by atoms with E-state index in [-0.39, 0.29) is 18.7 Å². The van der Waals surface area contributed by atoms with Crippen molar-refractivity contribution in [3.63, 3.8) is 0 Å². The van der Waals surface area contributed by atoms with E-state index in [1.807, 2.05) is 57.5 Å². The number of aliphatic hydroxyl groups is 2. The second-order valence-corrected chi connectivity index (χ2v) is 16.7. The Balaban J connectivity index is 1.40. The van der Waals surface area contributed by atoms with Gasteiger partial charge in [-0.2, -0.15) is 0 Å². The number of imidazole rings is 1. The van der Waals surface area contributed by atoms with Gasteiger partial charge in [-0.1, -0.05) is 13.8 Å². The molecule has 0 radical (unpaired) electrons. The van der Waals surface area contributed by atoms with Crippen molar-refractivity contribution in [1.82, 2.24) is 29.7 Å². The van der Waals surface area contributed by atoms with Gasteiger partial charge in [0.15, 0.2) is 17.7 Å². The Bertz CT molecular complexity index is 1660. The van der Waals surface area contributed by atoms with Crippen LogP contribution >= 0.6 is 0 Å². The van der Waals surface area contributed by atoms with E-state index in [2.05, 4.69) is 15.3 Å². The second kappa shape index (κ2) is 18.6. The van der Waals surface area contributed by atoms with E-state index in [1.54, 1.807) is 49.5 Å². The van der Waals surface area contributed by atoms with Crippen molar-refractivity contribution in [2.24, 2.45) is 11.8 Å². The zero-order chi connectivity index (χ0) is 41.8. The van der Waals surface area contributed by atoms with Crippen LogP contribution in [0.5, 0.6) is 0 Å². The molecule has 16 heteroatoms. The lowest BCUT2D eigenvalue weighted by molar-refractivity contribution is -0.295. The predicted molar refractivity (Wildman–Crippen MR) is 210 cm³/mol. The Labute approximate surface area is 336 Å². The van der Waals surface area contributed by atoms with E-state index < -0.39 is 83.7 Å². The molecule has 0 aromatic carbocycles. The summed E-state index contributed by atoms with van der Waals surface area (Å²) in [5.41, 5.74) is -0.624. The number of Topliss-reactive ketones (excluding diaryl/α,β-unsaturated/α-hetero) is 1. The normalized spacial score (nSPS) is 37.1. The zero-order valence-corrected chi connectivity index (χ0v) is 35.2. The summed E-state index contributed by atoms with van der Waals surface area (Å²) in [7, 11) is 5.02. The number of nitrogens with zero attached hydrogens (tertiary/aromatic N) is 5. The van der Waals surface area contributed by atoms with E-state index >= 15 is 0 Å². The van der Waals surface area contributed by atoms with Gasteiger partial charge in [0.2, 0.25) is 0 Å². The lowest BCUT2D eigenvalue weighted by Gasteiger charge is -2.47. The number of aryl methyl sites for hydroxylation is 1. The number of ether oxygens (including phenoxy) is 5. The number of esters is 1. The number of unbranched alkanes of at least 4 members (excludes halogenated alkanes) is 1. The quantitative estimate of drug-likeness (QED) is 0.171. The minimum atomic E-state index is -1.25. The number of hydrogen-bond donors (Lipinski definition) is 3. The van der Waals surface area contributed by atoms with Crippen molar-refractivity contribution >= 4 is 17.8 Å². The molecule has 0 saturated carbocycles. The summed E-state index contributed by atoms with van der Waals surface area (Å²) in [6, 6.07) is 1.98. The molecule has 57 heavy (non-hydrogen) atoms. The van der Waals surface area contributed by atoms with Crippen molar-refractivity contribution < 1.29 is 48.3 Å². The predicted octanol–water partition coefficient (Wildman–Crippen LogP) is 3.04. The minimum absolute atomic E-state index is 0.0892. The number of methoxy groups -OCH3 is 1. The summed E-state index contributed by atoms with van der Waals surface area (Å²) in [5, 5.41) is 25.6. The van der Waals surface area contributed by atoms with Crippen molar-refractivity contribution in [3.8, 4) is 11.3 Å². The number of fused-ring (bicyclic) bond motifs is 1. The first kappa shape index (κ1) is 44.6. The van der Waals surface area contributed by atoms with E-state index in [4.69, 9.17) is 23.7 Å². The van der Waals surface area contributed by atoms with E-state index in [9.17, 15) is 24.6 Å². The number of cyclic esters (lactones) is 1. The number of ketones is 1. The van der Waals surface area contributed by atoms with Crippen LogP contribution in [0.2, 0.25) is 0 Å². The average Bonchev–Trinajstić information content (AvgIpc) is 3.75. The van der Waals surface area contributed by atoms with Gasteiger partial charge in [0.25, 0.3) is 0 Å². The lowest BCUT2D eigenvalue weighted by Crippen LogP contribution is -2.64. The molecule has 0 aliphatic carbocycles. The summed E-state index contributed by atoms with van der Waals surface area (Å²) in [6.07, 6.45) is 3.61. The maximum Gasteiger partial charge on any atom is 0.410 e. The number of aliphatic hydroxyl groups excluding tert-OH is 2. The van der Waals surface area contributed by atoms with Crippen LogP contribution < -0.4 is 5.32 Å². The maximum atomic E-state index is 14.2. The van der Waals surface area contributed by atoms with Gasteiger partial charge in [0.1, 0.15) is 18.1 Å². The first-order valence-corrected chi connectivity index (χ1v) is 20.2. The zero-order valence-electron chi connectivity index (χ0n) is 35.2. The molecule has 1 amide bonds. The number of hydrogen-bond acceptors (Lipinski definition) is 14. The first-order valence-electron chi connectivity index (χ1n) is 20.2. The van der Waals surface area contributed by atoms with Crippen LogP contribution in [-0.4, -0.2) is 153 Å². The maximum absolute atomic E-state index is 14.2. The Morgan fingerprint density at radius 3 is 2.46 bits per heavy atom. The summed E-state index contributed by atoms with van der Waals surface area (Å²) in [4.78, 5) is 54.1. The molecule has 5 rings (SSSR count). The Hall–Kier alpha value is -3.51. The number of aromatic nitrogens is 3. The number of nitrogens with one attached hydrogen (secondary N) is 1. The molecule has 0 spiro atoms. The van der Waals surface area contributed by atoms with Gasteiger partial charge in [0, 0.05) is 62.4 Å². The highest BCUT2D eigenvalue weighted by Crippen LogP contribution is 2.40. The molecule has 0 unspecified atom stereocenters. The summed E-state index contributed by atoms with van der Waals surface area (Å²) in [5.74, 6) is -3.31. The van der Waals surface area contributed by atoms with Gasteiger partial charge in [-0.15, -0.1) is 0 Å². The van der Waals surface area contributed by atoms with E-state index in [0.29, 0.717) is 32.4 Å². The Morgan fingerprint density at radius 1 is 1.09 bits per heavy atom. The standard InChI is InChI=1S/C41H64N6O10/c1-11-31-41(7)35(47(39(52)57-41)18-13-12-17-46-21-29(43-23-46)28-15-14-16-42-20-28)27(5)44-24(2)19-40(6,53-10)36(25(3)33(49)26(4)37(51)55-31)56-38-34(50)32(45(8)9)30(48)22-54-38/h14-16,20-21,23-27,30-32,34-36,38,44,48,50H,11-13,17-19,22H2,1-10H3/t24-,25+,26-,27-,30-,31-,32+,34+,35-,36-,38+,40+,41-/m1/s1. The third-order valence-electron chi connectivity index (χ3n) is 12.2. The smallest absolute Gasteiger partial charge is 0.410 e. The van der Waals surface area contributed by atoms with E-state index in [0.717, 1.165) is 17.7 Å². The van der Waals surface area contributed by atoms with Gasteiger partial charge in [-0.3, -0.25) is 19.5 Å². The number of carbonyl (C=O) groups excluding carboxylic acids is 3. The Kier molecular flexibility index (Phi) is 14.6. The van der Waals surface area contributed by atoms with Crippen LogP contribution in [0.3, 0.4) is 0 Å². The van der Waals surface area contributed by atoms with Crippen molar-refractivity contribution in [2.75, 3.05) is 34.4 Å². The second-order valence-electron chi connectivity index (χ2n) is 16.7. The van der Waals surface area contributed by atoms with Crippen LogP contribution in [0.4, 0.5) is 4.79 Å². The van der Waals surface area contributed by atoms with Gasteiger partial charge < -0.3 is 48.7 Å². The fourth-order valence-electron chi connectivity index (χ4n) is 9.22. The first-order chi connectivity index (χ1) is 26.9. The molecule has 3 fully saturated rings. The molecule has 16 nitrogen and oxygen atoms in total. The minimum Gasteiger partial charge on any atom is -0.458 e. The number of likely N-dealkylation sites (N-methyl/N-ethyl adjacent to an activating group) is 1. The highest BCUT2D eigenvalue weighted by atomic mass is 16.7. The Morgan fingerprint density at radius 2 is 1.81 bits per heavy atom. The fraction of sp³-hybridized carbons (Fsp3) is 0.732. The van der Waals surface area contributed by atoms with Crippen molar-refractivity contribution in [2.45, 2.75) is 147 Å². The van der Waals surface area contributed by atoms with E-state index in [1.165, 1.54) is 14.0 Å². The summed E-state index contributed by atoms with van der Waals surface area (Å²) < 4.78 is 32.9. The number of amides is 1.